The zero-order valence-electron chi connectivity index (χ0n) is 15.1. The number of aromatic nitrogens is 4. The highest BCUT2D eigenvalue weighted by atomic mass is 16.5. The summed E-state index contributed by atoms with van der Waals surface area (Å²) in [4.78, 5) is 22.1. The number of hydrogen-bond acceptors (Lipinski definition) is 8. The van der Waals surface area contributed by atoms with Gasteiger partial charge in [0.2, 0.25) is 11.9 Å². The van der Waals surface area contributed by atoms with Crippen LogP contribution in [-0.2, 0) is 0 Å². The average Bonchev–Trinajstić information content (AvgIpc) is 2.75. The molecule has 0 saturated carbocycles. The van der Waals surface area contributed by atoms with E-state index >= 15 is 0 Å². The van der Waals surface area contributed by atoms with Crippen molar-refractivity contribution in [2.24, 2.45) is 0 Å². The van der Waals surface area contributed by atoms with Gasteiger partial charge in [-0.05, 0) is 24.3 Å². The van der Waals surface area contributed by atoms with E-state index in [9.17, 15) is 0 Å². The molecule has 0 unspecified atom stereocenters. The summed E-state index contributed by atoms with van der Waals surface area (Å²) in [5.74, 6) is 3.04. The lowest BCUT2D eigenvalue weighted by atomic mass is 10.3. The first-order valence-electron chi connectivity index (χ1n) is 8.83. The molecule has 0 radical (unpaired) electrons. The molecule has 1 aromatic carbocycles. The molecular weight excluding hydrogens is 342 g/mol. The fourth-order valence-electron chi connectivity index (χ4n) is 2.98. The summed E-state index contributed by atoms with van der Waals surface area (Å²) in [6, 6.07) is 11.4. The summed E-state index contributed by atoms with van der Waals surface area (Å²) in [5.41, 5.74) is 0.921. The largest absolute Gasteiger partial charge is 0.497 e. The first kappa shape index (κ1) is 17.0. The molecule has 1 aliphatic rings. The Morgan fingerprint density at radius 1 is 0.852 bits per heavy atom. The summed E-state index contributed by atoms with van der Waals surface area (Å²) >= 11 is 0. The van der Waals surface area contributed by atoms with E-state index in [1.165, 1.54) is 0 Å². The summed E-state index contributed by atoms with van der Waals surface area (Å²) in [7, 11) is 1.65. The number of nitrogens with zero attached hydrogens (tertiary/aromatic N) is 6. The van der Waals surface area contributed by atoms with E-state index in [-0.39, 0.29) is 0 Å². The summed E-state index contributed by atoms with van der Waals surface area (Å²) in [6.07, 6.45) is 5.31. The normalized spacial score (nSPS) is 14.1. The van der Waals surface area contributed by atoms with Gasteiger partial charge in [0, 0.05) is 56.5 Å². The Bertz CT molecular complexity index is 882. The van der Waals surface area contributed by atoms with E-state index in [1.807, 2.05) is 36.4 Å². The zero-order valence-corrected chi connectivity index (χ0v) is 15.1. The monoisotopic (exact) mass is 363 g/mol. The second-order valence-corrected chi connectivity index (χ2v) is 6.12. The minimum absolute atomic E-state index is 0.719. The molecule has 2 aromatic heterocycles. The van der Waals surface area contributed by atoms with Crippen LogP contribution in [0, 0.1) is 0 Å². The van der Waals surface area contributed by atoms with Crippen LogP contribution in [0.2, 0.25) is 0 Å². The Hall–Kier alpha value is -3.42. The minimum atomic E-state index is 0.719. The highest BCUT2D eigenvalue weighted by Gasteiger charge is 2.20. The second kappa shape index (κ2) is 7.86. The number of nitrogens with one attached hydrogen (secondary N) is 1. The van der Waals surface area contributed by atoms with Crippen molar-refractivity contribution in [3.8, 4) is 5.75 Å². The van der Waals surface area contributed by atoms with E-state index in [0.29, 0.717) is 0 Å². The molecule has 0 spiro atoms. The Balaban J connectivity index is 1.42. The fraction of sp³-hybridized carbons (Fsp3) is 0.263. The van der Waals surface area contributed by atoms with Crippen molar-refractivity contribution < 1.29 is 4.74 Å². The van der Waals surface area contributed by atoms with E-state index < -0.39 is 0 Å². The smallest absolute Gasteiger partial charge is 0.227 e. The maximum absolute atomic E-state index is 5.26. The van der Waals surface area contributed by atoms with Gasteiger partial charge >= 0.3 is 0 Å². The predicted molar refractivity (Wildman–Crippen MR) is 105 cm³/mol. The SMILES string of the molecule is COc1cccc(Nc2ccnc(N3CCN(c4ncccn4)CC3)n2)c1. The second-order valence-electron chi connectivity index (χ2n) is 6.12. The summed E-state index contributed by atoms with van der Waals surface area (Å²) < 4.78 is 5.26. The molecular formula is C19H21N7O. The van der Waals surface area contributed by atoms with Crippen molar-refractivity contribution in [2.75, 3.05) is 48.4 Å². The van der Waals surface area contributed by atoms with Crippen LogP contribution in [0.15, 0.2) is 55.0 Å². The summed E-state index contributed by atoms with van der Waals surface area (Å²) in [6.45, 7) is 3.31. The first-order chi connectivity index (χ1) is 13.3. The molecule has 0 amide bonds. The molecule has 27 heavy (non-hydrogen) atoms. The zero-order chi connectivity index (χ0) is 18.5. The molecule has 3 heterocycles. The van der Waals surface area contributed by atoms with Gasteiger partial charge < -0.3 is 19.9 Å². The van der Waals surface area contributed by atoms with Crippen molar-refractivity contribution >= 4 is 23.4 Å². The number of benzene rings is 1. The lowest BCUT2D eigenvalue weighted by Gasteiger charge is -2.34. The molecule has 8 nitrogen and oxygen atoms in total. The number of piperazine rings is 1. The third-order valence-electron chi connectivity index (χ3n) is 4.38. The lowest BCUT2D eigenvalue weighted by molar-refractivity contribution is 0.415. The van der Waals surface area contributed by atoms with E-state index in [2.05, 4.69) is 35.1 Å². The molecule has 3 aromatic rings. The van der Waals surface area contributed by atoms with Crippen LogP contribution >= 0.6 is 0 Å². The topological polar surface area (TPSA) is 79.3 Å². The number of rotatable bonds is 5. The van der Waals surface area contributed by atoms with Crippen molar-refractivity contribution in [1.29, 1.82) is 0 Å². The van der Waals surface area contributed by atoms with E-state index in [1.54, 1.807) is 25.7 Å². The van der Waals surface area contributed by atoms with Gasteiger partial charge in [-0.1, -0.05) is 6.07 Å². The quantitative estimate of drug-likeness (QED) is 0.740. The van der Waals surface area contributed by atoms with Crippen LogP contribution in [0.3, 0.4) is 0 Å². The first-order valence-corrected chi connectivity index (χ1v) is 8.83. The van der Waals surface area contributed by atoms with Crippen LogP contribution < -0.4 is 19.9 Å². The van der Waals surface area contributed by atoms with Crippen molar-refractivity contribution in [3.05, 3.63) is 55.0 Å². The van der Waals surface area contributed by atoms with E-state index in [0.717, 1.165) is 55.3 Å². The number of hydrogen-bond donors (Lipinski definition) is 1. The minimum Gasteiger partial charge on any atom is -0.497 e. The number of ether oxygens (including phenoxy) is 1. The molecule has 8 heteroatoms. The Morgan fingerprint density at radius 3 is 2.30 bits per heavy atom. The van der Waals surface area contributed by atoms with E-state index in [4.69, 9.17) is 4.74 Å². The van der Waals surface area contributed by atoms with Crippen LogP contribution in [0.4, 0.5) is 23.4 Å². The predicted octanol–water partition coefficient (Wildman–Crippen LogP) is 2.35. The van der Waals surface area contributed by atoms with Crippen molar-refractivity contribution in [3.63, 3.8) is 0 Å². The van der Waals surface area contributed by atoms with Gasteiger partial charge in [-0.3, -0.25) is 0 Å². The van der Waals surface area contributed by atoms with Crippen molar-refractivity contribution in [1.82, 2.24) is 19.9 Å². The highest BCUT2D eigenvalue weighted by molar-refractivity contribution is 5.59. The Morgan fingerprint density at radius 2 is 1.56 bits per heavy atom. The van der Waals surface area contributed by atoms with Crippen LogP contribution in [0.25, 0.3) is 0 Å². The maximum Gasteiger partial charge on any atom is 0.227 e. The lowest BCUT2D eigenvalue weighted by Crippen LogP contribution is -2.47. The van der Waals surface area contributed by atoms with Crippen LogP contribution in [0.5, 0.6) is 5.75 Å². The van der Waals surface area contributed by atoms with Gasteiger partial charge in [0.05, 0.1) is 7.11 Å². The van der Waals surface area contributed by atoms with Gasteiger partial charge in [-0.25, -0.2) is 15.0 Å². The molecule has 138 valence electrons. The highest BCUT2D eigenvalue weighted by Crippen LogP contribution is 2.21. The Labute approximate surface area is 157 Å². The van der Waals surface area contributed by atoms with Crippen LogP contribution in [0.1, 0.15) is 0 Å². The Kier molecular flexibility index (Phi) is 4.95. The third-order valence-corrected chi connectivity index (χ3v) is 4.38. The molecule has 0 atom stereocenters. The average molecular weight is 363 g/mol. The standard InChI is InChI=1S/C19H21N7O/c1-27-16-5-2-4-15(14-16)23-17-6-9-22-19(24-17)26-12-10-25(11-13-26)18-20-7-3-8-21-18/h2-9,14H,10-13H2,1H3,(H,22,23,24). The molecule has 1 N–H and O–H groups in total. The van der Waals surface area contributed by atoms with Crippen molar-refractivity contribution in [2.45, 2.75) is 0 Å². The van der Waals surface area contributed by atoms with Crippen LogP contribution in [-0.4, -0.2) is 53.2 Å². The molecule has 1 fully saturated rings. The van der Waals surface area contributed by atoms with Gasteiger partial charge in [-0.2, -0.15) is 4.98 Å². The third kappa shape index (κ3) is 4.05. The summed E-state index contributed by atoms with van der Waals surface area (Å²) in [5, 5.41) is 3.30. The van der Waals surface area contributed by atoms with Gasteiger partial charge in [-0.15, -0.1) is 0 Å². The molecule has 0 aliphatic carbocycles. The fourth-order valence-corrected chi connectivity index (χ4v) is 2.98. The van der Waals surface area contributed by atoms with Gasteiger partial charge in [0.25, 0.3) is 0 Å². The molecule has 1 saturated heterocycles. The maximum atomic E-state index is 5.26. The van der Waals surface area contributed by atoms with Gasteiger partial charge in [0.1, 0.15) is 11.6 Å². The molecule has 1 aliphatic heterocycles. The molecule has 4 rings (SSSR count). The van der Waals surface area contributed by atoms with Gasteiger partial charge in [0.15, 0.2) is 0 Å². The number of anilines is 4. The molecule has 0 bridgehead atoms. The number of methoxy groups -OCH3 is 1.